The zero-order chi connectivity index (χ0) is 16.8. The molecule has 0 atom stereocenters. The number of hydrogen-bond donors (Lipinski definition) is 0. The summed E-state index contributed by atoms with van der Waals surface area (Å²) in [5.41, 5.74) is 4.22. The van der Waals surface area contributed by atoms with E-state index in [1.807, 2.05) is 30.3 Å². The summed E-state index contributed by atoms with van der Waals surface area (Å²) in [5, 5.41) is 7.01. The molecule has 1 heterocycles. The highest BCUT2D eigenvalue weighted by atomic mass is 32.1. The van der Waals surface area contributed by atoms with Crippen LogP contribution < -0.4 is 0 Å². The molecule has 0 saturated carbocycles. The van der Waals surface area contributed by atoms with Crippen LogP contribution in [0.2, 0.25) is 0 Å². The maximum Gasteiger partial charge on any atom is 0.0979 e. The van der Waals surface area contributed by atoms with E-state index in [4.69, 9.17) is 22.2 Å². The number of aliphatic imine (C=N–C) groups is 1. The van der Waals surface area contributed by atoms with Gasteiger partial charge in [0.2, 0.25) is 0 Å². The minimum Gasteiger partial charge on any atom is -0.244 e. The highest BCUT2D eigenvalue weighted by molar-refractivity contribution is 7.78. The Kier molecular flexibility index (Phi) is 3.07. The molecule has 25 heavy (non-hydrogen) atoms. The number of nitrogens with zero attached hydrogens (tertiary/aromatic N) is 3. The first-order valence-electron chi connectivity index (χ1n) is 7.94. The van der Waals surface area contributed by atoms with Crippen LogP contribution in [0.25, 0.3) is 43.6 Å². The Labute approximate surface area is 148 Å². The standard InChI is InChI=1S/C21H11N3S/c25-12-22-13-9-10-18-19(11-13)24-21-17-8-4-2-6-15(17)14-5-1-3-7-16(14)20(21)23-18/h1-11H. The molecule has 0 bridgehead atoms. The number of benzene rings is 4. The molecule has 3 nitrogen and oxygen atoms in total. The third-order valence-electron chi connectivity index (χ3n) is 4.48. The van der Waals surface area contributed by atoms with E-state index in [1.165, 1.54) is 10.8 Å². The molecule has 4 heteroatoms. The summed E-state index contributed by atoms with van der Waals surface area (Å²) in [6.45, 7) is 0. The smallest absolute Gasteiger partial charge is 0.0979 e. The SMILES string of the molecule is S=C=Nc1ccc2nc3c4ccccc4c4ccccc4c3nc2c1. The lowest BCUT2D eigenvalue weighted by Gasteiger charge is -2.10. The molecule has 5 rings (SSSR count). The lowest BCUT2D eigenvalue weighted by Crippen LogP contribution is -1.91. The van der Waals surface area contributed by atoms with E-state index in [1.54, 1.807) is 0 Å². The third kappa shape index (κ3) is 2.13. The fraction of sp³-hybridized carbons (Fsp3) is 0. The van der Waals surface area contributed by atoms with Gasteiger partial charge in [-0.3, -0.25) is 0 Å². The van der Waals surface area contributed by atoms with Crippen LogP contribution in [-0.4, -0.2) is 15.1 Å². The number of hydrogen-bond acceptors (Lipinski definition) is 4. The first kappa shape index (κ1) is 14.2. The largest absolute Gasteiger partial charge is 0.244 e. The highest BCUT2D eigenvalue weighted by Gasteiger charge is 2.11. The predicted octanol–water partition coefficient (Wildman–Crippen LogP) is 5.82. The van der Waals surface area contributed by atoms with Crippen LogP contribution in [0, 0.1) is 0 Å². The van der Waals surface area contributed by atoms with Gasteiger partial charge in [-0.05, 0) is 41.2 Å². The van der Waals surface area contributed by atoms with E-state index < -0.39 is 0 Å². The van der Waals surface area contributed by atoms with Crippen molar-refractivity contribution in [2.45, 2.75) is 0 Å². The Hall–Kier alpha value is -3.20. The minimum atomic E-state index is 0.737. The van der Waals surface area contributed by atoms with Crippen molar-refractivity contribution in [3.05, 3.63) is 66.7 Å². The van der Waals surface area contributed by atoms with Crippen molar-refractivity contribution < 1.29 is 0 Å². The first-order chi connectivity index (χ1) is 12.3. The molecule has 0 radical (unpaired) electrons. The summed E-state index contributed by atoms with van der Waals surface area (Å²) >= 11 is 4.70. The van der Waals surface area contributed by atoms with Crippen molar-refractivity contribution in [3.8, 4) is 0 Å². The fourth-order valence-corrected chi connectivity index (χ4v) is 3.49. The van der Waals surface area contributed by atoms with Gasteiger partial charge in [0, 0.05) is 10.8 Å². The van der Waals surface area contributed by atoms with Crippen LogP contribution in [-0.2, 0) is 0 Å². The zero-order valence-corrected chi connectivity index (χ0v) is 13.9. The van der Waals surface area contributed by atoms with E-state index >= 15 is 0 Å². The molecule has 0 saturated heterocycles. The molecular weight excluding hydrogens is 326 g/mol. The number of fused-ring (bicyclic) bond motifs is 7. The Morgan fingerprint density at radius 3 is 1.84 bits per heavy atom. The summed E-state index contributed by atoms with van der Waals surface area (Å²) in [5.74, 6) is 0. The average Bonchev–Trinajstić information content (AvgIpc) is 2.67. The summed E-state index contributed by atoms with van der Waals surface area (Å²) in [6, 6.07) is 22.4. The predicted molar refractivity (Wildman–Crippen MR) is 107 cm³/mol. The van der Waals surface area contributed by atoms with Crippen molar-refractivity contribution in [3.63, 3.8) is 0 Å². The number of rotatable bonds is 1. The van der Waals surface area contributed by atoms with Crippen molar-refractivity contribution in [2.75, 3.05) is 0 Å². The summed E-state index contributed by atoms with van der Waals surface area (Å²) in [6.07, 6.45) is 0. The van der Waals surface area contributed by atoms with Gasteiger partial charge in [-0.2, -0.15) is 4.99 Å². The molecule has 0 N–H and O–H groups in total. The topological polar surface area (TPSA) is 38.1 Å². The lowest BCUT2D eigenvalue weighted by atomic mass is 9.99. The molecule has 116 valence electrons. The fourth-order valence-electron chi connectivity index (χ4n) is 3.39. The number of isothiocyanates is 1. The first-order valence-corrected chi connectivity index (χ1v) is 8.35. The van der Waals surface area contributed by atoms with Crippen LogP contribution in [0.5, 0.6) is 0 Å². The molecule has 4 aromatic carbocycles. The van der Waals surface area contributed by atoms with Crippen LogP contribution in [0.3, 0.4) is 0 Å². The van der Waals surface area contributed by atoms with Crippen LogP contribution in [0.1, 0.15) is 0 Å². The molecule has 0 aliphatic heterocycles. The lowest BCUT2D eigenvalue weighted by molar-refractivity contribution is 1.41. The molecule has 5 aromatic rings. The molecule has 0 aliphatic carbocycles. The van der Waals surface area contributed by atoms with Gasteiger partial charge in [-0.25, -0.2) is 9.97 Å². The second-order valence-electron chi connectivity index (χ2n) is 5.89. The van der Waals surface area contributed by atoms with Gasteiger partial charge >= 0.3 is 0 Å². The maximum absolute atomic E-state index is 4.91. The summed E-state index contributed by atoms with van der Waals surface area (Å²) < 4.78 is 0. The van der Waals surface area contributed by atoms with Crippen molar-refractivity contribution in [2.24, 2.45) is 4.99 Å². The second-order valence-corrected chi connectivity index (χ2v) is 6.07. The van der Waals surface area contributed by atoms with E-state index in [2.05, 4.69) is 46.6 Å². The van der Waals surface area contributed by atoms with E-state index in [0.29, 0.717) is 0 Å². The van der Waals surface area contributed by atoms with E-state index in [9.17, 15) is 0 Å². The van der Waals surface area contributed by atoms with Gasteiger partial charge in [0.1, 0.15) is 0 Å². The van der Waals surface area contributed by atoms with Crippen molar-refractivity contribution in [1.82, 2.24) is 9.97 Å². The van der Waals surface area contributed by atoms with Gasteiger partial charge in [0.25, 0.3) is 0 Å². The third-order valence-corrected chi connectivity index (χ3v) is 4.57. The Bertz CT molecular complexity index is 1350. The van der Waals surface area contributed by atoms with Gasteiger partial charge in [-0.15, -0.1) is 0 Å². The molecule has 0 amide bonds. The molecule has 0 unspecified atom stereocenters. The maximum atomic E-state index is 4.91. The van der Waals surface area contributed by atoms with Gasteiger partial charge in [0.05, 0.1) is 32.9 Å². The van der Waals surface area contributed by atoms with Crippen molar-refractivity contribution >= 4 is 66.7 Å². The molecule has 0 aliphatic rings. The van der Waals surface area contributed by atoms with Gasteiger partial charge < -0.3 is 0 Å². The van der Waals surface area contributed by atoms with Crippen molar-refractivity contribution in [1.29, 1.82) is 0 Å². The van der Waals surface area contributed by atoms with Crippen LogP contribution >= 0.6 is 12.2 Å². The Morgan fingerprint density at radius 1 is 0.680 bits per heavy atom. The minimum absolute atomic E-state index is 0.737. The monoisotopic (exact) mass is 337 g/mol. The summed E-state index contributed by atoms with van der Waals surface area (Å²) in [7, 11) is 0. The number of thiocarbonyl (C=S) groups is 1. The average molecular weight is 337 g/mol. The van der Waals surface area contributed by atoms with Gasteiger partial charge in [0.15, 0.2) is 0 Å². The van der Waals surface area contributed by atoms with Crippen LogP contribution in [0.15, 0.2) is 71.7 Å². The normalized spacial score (nSPS) is 11.2. The van der Waals surface area contributed by atoms with E-state index in [0.717, 1.165) is 38.5 Å². The molecular formula is C21H11N3S. The molecule has 0 fully saturated rings. The van der Waals surface area contributed by atoms with E-state index in [-0.39, 0.29) is 0 Å². The van der Waals surface area contributed by atoms with Gasteiger partial charge in [-0.1, -0.05) is 48.5 Å². The van der Waals surface area contributed by atoms with Crippen LogP contribution in [0.4, 0.5) is 5.69 Å². The zero-order valence-electron chi connectivity index (χ0n) is 13.1. The second kappa shape index (κ2) is 5.42. The Balaban J connectivity index is 2.04. The summed E-state index contributed by atoms with van der Waals surface area (Å²) in [4.78, 5) is 13.9. The molecule has 0 spiro atoms. The Morgan fingerprint density at radius 2 is 1.24 bits per heavy atom. The highest BCUT2D eigenvalue weighted by Crippen LogP contribution is 2.34. The quantitative estimate of drug-likeness (QED) is 0.167. The molecule has 1 aromatic heterocycles. The number of aromatic nitrogens is 2.